The van der Waals surface area contributed by atoms with Gasteiger partial charge in [-0.05, 0) is 48.1 Å². The lowest BCUT2D eigenvalue weighted by Gasteiger charge is -2.19. The molecule has 1 fully saturated rings. The maximum atomic E-state index is 14.0. The SMILES string of the molecule is O=C1C(=Cc2cc(Cl)c3c(c2)OCCO3)NC(=S)N1c1ccccc1F. The second-order valence-electron chi connectivity index (χ2n) is 5.61. The van der Waals surface area contributed by atoms with Gasteiger partial charge in [0.15, 0.2) is 16.6 Å². The number of para-hydroxylation sites is 1. The number of benzene rings is 2. The predicted octanol–water partition coefficient (Wildman–Crippen LogP) is 3.51. The monoisotopic (exact) mass is 390 g/mol. The smallest absolute Gasteiger partial charge is 0.281 e. The number of hydrogen-bond donors (Lipinski definition) is 1. The summed E-state index contributed by atoms with van der Waals surface area (Å²) < 4.78 is 25.0. The zero-order valence-corrected chi connectivity index (χ0v) is 14.9. The van der Waals surface area contributed by atoms with E-state index in [1.807, 2.05) is 0 Å². The summed E-state index contributed by atoms with van der Waals surface area (Å²) in [7, 11) is 0. The third-order valence-corrected chi connectivity index (χ3v) is 4.47. The zero-order chi connectivity index (χ0) is 18.3. The van der Waals surface area contributed by atoms with E-state index in [0.29, 0.717) is 35.3 Å². The molecule has 2 heterocycles. The fourth-order valence-electron chi connectivity index (χ4n) is 2.77. The van der Waals surface area contributed by atoms with Crippen LogP contribution in [0.3, 0.4) is 0 Å². The van der Waals surface area contributed by atoms with Gasteiger partial charge < -0.3 is 14.8 Å². The number of fused-ring (bicyclic) bond motifs is 1. The quantitative estimate of drug-likeness (QED) is 0.628. The number of nitrogens with one attached hydrogen (secondary N) is 1. The maximum Gasteiger partial charge on any atom is 0.281 e. The fourth-order valence-corrected chi connectivity index (χ4v) is 3.33. The first-order valence-corrected chi connectivity index (χ1v) is 8.54. The molecule has 26 heavy (non-hydrogen) atoms. The van der Waals surface area contributed by atoms with Crippen LogP contribution in [-0.2, 0) is 4.79 Å². The van der Waals surface area contributed by atoms with Gasteiger partial charge in [-0.25, -0.2) is 9.29 Å². The van der Waals surface area contributed by atoms with Gasteiger partial charge in [0.25, 0.3) is 5.91 Å². The van der Waals surface area contributed by atoms with Gasteiger partial charge >= 0.3 is 0 Å². The van der Waals surface area contributed by atoms with E-state index in [1.54, 1.807) is 30.3 Å². The van der Waals surface area contributed by atoms with Crippen LogP contribution in [0.1, 0.15) is 5.56 Å². The third-order valence-electron chi connectivity index (χ3n) is 3.90. The molecular formula is C18H12ClFN2O3S. The third kappa shape index (κ3) is 2.89. The Bertz CT molecular complexity index is 963. The van der Waals surface area contributed by atoms with Crippen LogP contribution < -0.4 is 19.7 Å². The van der Waals surface area contributed by atoms with Crippen LogP contribution in [0.15, 0.2) is 42.1 Å². The van der Waals surface area contributed by atoms with Gasteiger partial charge in [0.05, 0.1) is 10.7 Å². The van der Waals surface area contributed by atoms with E-state index in [4.69, 9.17) is 33.3 Å². The van der Waals surface area contributed by atoms with Crippen molar-refractivity contribution in [1.29, 1.82) is 0 Å². The number of hydrogen-bond acceptors (Lipinski definition) is 4. The number of carbonyl (C=O) groups excluding carboxylic acids is 1. The molecule has 2 aromatic carbocycles. The topological polar surface area (TPSA) is 50.8 Å². The molecule has 132 valence electrons. The lowest BCUT2D eigenvalue weighted by Crippen LogP contribution is -2.31. The molecule has 0 aromatic heterocycles. The van der Waals surface area contributed by atoms with E-state index in [0.717, 1.165) is 4.90 Å². The number of thiocarbonyl (C=S) groups is 1. The summed E-state index contributed by atoms with van der Waals surface area (Å²) in [4.78, 5) is 13.8. The van der Waals surface area contributed by atoms with Crippen molar-refractivity contribution in [2.24, 2.45) is 0 Å². The van der Waals surface area contributed by atoms with Gasteiger partial charge in [0.2, 0.25) is 0 Å². The minimum Gasteiger partial charge on any atom is -0.486 e. The summed E-state index contributed by atoms with van der Waals surface area (Å²) in [5.41, 5.74) is 0.942. The van der Waals surface area contributed by atoms with Gasteiger partial charge in [-0.2, -0.15) is 0 Å². The van der Waals surface area contributed by atoms with Crippen LogP contribution in [0.4, 0.5) is 10.1 Å². The molecule has 0 atom stereocenters. The number of amides is 1. The molecule has 0 unspecified atom stereocenters. The molecule has 2 aliphatic rings. The predicted molar refractivity (Wildman–Crippen MR) is 100 cm³/mol. The van der Waals surface area contributed by atoms with Crippen molar-refractivity contribution in [3.05, 3.63) is 58.5 Å². The average Bonchev–Trinajstić information content (AvgIpc) is 2.89. The van der Waals surface area contributed by atoms with Crippen LogP contribution in [0, 0.1) is 5.82 Å². The highest BCUT2D eigenvalue weighted by Crippen LogP contribution is 2.39. The molecule has 2 aliphatic heterocycles. The minimum absolute atomic E-state index is 0.0959. The van der Waals surface area contributed by atoms with Crippen molar-refractivity contribution in [2.45, 2.75) is 0 Å². The average molecular weight is 391 g/mol. The van der Waals surface area contributed by atoms with E-state index in [1.165, 1.54) is 12.1 Å². The van der Waals surface area contributed by atoms with E-state index in [2.05, 4.69) is 5.32 Å². The van der Waals surface area contributed by atoms with Crippen molar-refractivity contribution in [1.82, 2.24) is 5.32 Å². The van der Waals surface area contributed by atoms with E-state index >= 15 is 0 Å². The molecule has 0 aliphatic carbocycles. The van der Waals surface area contributed by atoms with Gasteiger partial charge in [0, 0.05) is 0 Å². The number of rotatable bonds is 2. The molecule has 4 rings (SSSR count). The number of ether oxygens (including phenoxy) is 2. The summed E-state index contributed by atoms with van der Waals surface area (Å²) in [6, 6.07) is 9.32. The number of halogens is 2. The van der Waals surface area contributed by atoms with E-state index < -0.39 is 11.7 Å². The summed E-state index contributed by atoms with van der Waals surface area (Å²) >= 11 is 11.4. The Balaban J connectivity index is 1.69. The second kappa shape index (κ2) is 6.59. The molecule has 1 N–H and O–H groups in total. The van der Waals surface area contributed by atoms with Crippen LogP contribution in [0.25, 0.3) is 6.08 Å². The first kappa shape index (κ1) is 16.8. The van der Waals surface area contributed by atoms with E-state index in [9.17, 15) is 9.18 Å². The summed E-state index contributed by atoms with van der Waals surface area (Å²) in [6.07, 6.45) is 1.58. The van der Waals surface area contributed by atoms with Crippen LogP contribution in [-0.4, -0.2) is 24.2 Å². The molecule has 0 saturated carbocycles. The molecule has 1 saturated heterocycles. The van der Waals surface area contributed by atoms with E-state index in [-0.39, 0.29) is 16.5 Å². The molecule has 0 radical (unpaired) electrons. The molecule has 5 nitrogen and oxygen atoms in total. The highest BCUT2D eigenvalue weighted by atomic mass is 35.5. The second-order valence-corrected chi connectivity index (χ2v) is 6.40. The normalized spacial score (nSPS) is 17.6. The number of carbonyl (C=O) groups is 1. The Morgan fingerprint density at radius 1 is 1.23 bits per heavy atom. The Morgan fingerprint density at radius 3 is 2.81 bits per heavy atom. The van der Waals surface area contributed by atoms with Crippen molar-refractivity contribution in [3.8, 4) is 11.5 Å². The summed E-state index contributed by atoms with van der Waals surface area (Å²) in [6.45, 7) is 0.852. The van der Waals surface area contributed by atoms with Gasteiger partial charge in [-0.3, -0.25) is 4.79 Å². The van der Waals surface area contributed by atoms with Gasteiger partial charge in [-0.15, -0.1) is 0 Å². The Hall–Kier alpha value is -2.64. The summed E-state index contributed by atoms with van der Waals surface area (Å²) in [5.74, 6) is 0.00333. The zero-order valence-electron chi connectivity index (χ0n) is 13.3. The molecule has 1 amide bonds. The van der Waals surface area contributed by atoms with Crippen LogP contribution in [0.2, 0.25) is 5.02 Å². The number of nitrogens with zero attached hydrogens (tertiary/aromatic N) is 1. The van der Waals surface area contributed by atoms with Crippen molar-refractivity contribution < 1.29 is 18.7 Å². The van der Waals surface area contributed by atoms with Crippen molar-refractivity contribution >= 4 is 46.6 Å². The van der Waals surface area contributed by atoms with Gasteiger partial charge in [0.1, 0.15) is 24.7 Å². The first-order valence-electron chi connectivity index (χ1n) is 7.75. The molecule has 8 heteroatoms. The lowest BCUT2D eigenvalue weighted by atomic mass is 10.1. The minimum atomic E-state index is -0.534. The van der Waals surface area contributed by atoms with Crippen LogP contribution >= 0.6 is 23.8 Å². The molecule has 0 bridgehead atoms. The van der Waals surface area contributed by atoms with Crippen molar-refractivity contribution in [2.75, 3.05) is 18.1 Å². The Labute approximate surface area is 159 Å². The Kier molecular flexibility index (Phi) is 4.26. The standard InChI is InChI=1S/C18H12ClFN2O3S/c19-11-7-10(9-15-16(11)25-6-5-24-15)8-13-17(23)22(18(26)21-13)14-4-2-1-3-12(14)20/h1-4,7-9H,5-6H2,(H,21,26). The first-order chi connectivity index (χ1) is 12.5. The summed E-state index contributed by atoms with van der Waals surface area (Å²) in [5, 5.41) is 3.30. The van der Waals surface area contributed by atoms with Gasteiger partial charge in [-0.1, -0.05) is 23.7 Å². The largest absolute Gasteiger partial charge is 0.486 e. The molecule has 0 spiro atoms. The van der Waals surface area contributed by atoms with Crippen LogP contribution in [0.5, 0.6) is 11.5 Å². The lowest BCUT2D eigenvalue weighted by molar-refractivity contribution is -0.113. The molecular weight excluding hydrogens is 379 g/mol. The highest BCUT2D eigenvalue weighted by Gasteiger charge is 2.33. The molecule has 2 aromatic rings. The Morgan fingerprint density at radius 2 is 2.00 bits per heavy atom. The highest BCUT2D eigenvalue weighted by molar-refractivity contribution is 7.80. The fraction of sp³-hybridized carbons (Fsp3) is 0.111. The van der Waals surface area contributed by atoms with Crippen molar-refractivity contribution in [3.63, 3.8) is 0 Å². The maximum absolute atomic E-state index is 14.0. The number of anilines is 1.